The van der Waals surface area contributed by atoms with E-state index in [4.69, 9.17) is 4.74 Å². The first-order chi connectivity index (χ1) is 13.6. The Morgan fingerprint density at radius 1 is 1.10 bits per heavy atom. The zero-order valence-electron chi connectivity index (χ0n) is 17.9. The van der Waals surface area contributed by atoms with Gasteiger partial charge in [-0.3, -0.25) is 4.79 Å². The van der Waals surface area contributed by atoms with E-state index in [1.54, 1.807) is 33.1 Å². The Kier molecular flexibility index (Phi) is 7.43. The van der Waals surface area contributed by atoms with Gasteiger partial charge >= 0.3 is 0 Å². The number of amides is 1. The molecule has 7 heteroatoms. The normalized spacial score (nSPS) is 11.7. The monoisotopic (exact) mass is 418 g/mol. The summed E-state index contributed by atoms with van der Waals surface area (Å²) in [6.45, 7) is 10.4. The second-order valence-corrected chi connectivity index (χ2v) is 9.07. The third-order valence-corrected chi connectivity index (χ3v) is 6.96. The zero-order chi connectivity index (χ0) is 21.8. The number of ether oxygens (including phenoxy) is 1. The van der Waals surface area contributed by atoms with Crippen LogP contribution < -0.4 is 10.1 Å². The summed E-state index contributed by atoms with van der Waals surface area (Å²) in [7, 11) is -1.90. The summed E-state index contributed by atoms with van der Waals surface area (Å²) in [5.74, 6) is 0.730. The van der Waals surface area contributed by atoms with Crippen molar-refractivity contribution in [2.75, 3.05) is 25.5 Å². The molecular formula is C22H30N2O4S. The molecule has 0 aliphatic heterocycles. The predicted molar refractivity (Wildman–Crippen MR) is 116 cm³/mol. The molecule has 2 aromatic carbocycles. The average molecular weight is 419 g/mol. The van der Waals surface area contributed by atoms with Gasteiger partial charge in [-0.05, 0) is 60.4 Å². The smallest absolute Gasteiger partial charge is 0.255 e. The lowest BCUT2D eigenvalue weighted by Gasteiger charge is -2.18. The van der Waals surface area contributed by atoms with Crippen molar-refractivity contribution in [1.29, 1.82) is 0 Å². The summed E-state index contributed by atoms with van der Waals surface area (Å²) in [5, 5.41) is 2.85. The lowest BCUT2D eigenvalue weighted by atomic mass is 9.96. The van der Waals surface area contributed by atoms with Crippen LogP contribution in [0.3, 0.4) is 0 Å². The third-order valence-electron chi connectivity index (χ3n) is 4.90. The average Bonchev–Trinajstić information content (AvgIpc) is 2.68. The van der Waals surface area contributed by atoms with Gasteiger partial charge in [-0.15, -0.1) is 0 Å². The van der Waals surface area contributed by atoms with Gasteiger partial charge in [0.15, 0.2) is 0 Å². The van der Waals surface area contributed by atoms with E-state index in [1.807, 2.05) is 32.9 Å². The highest BCUT2D eigenvalue weighted by atomic mass is 32.2. The molecule has 0 saturated heterocycles. The molecule has 0 atom stereocenters. The van der Waals surface area contributed by atoms with Crippen molar-refractivity contribution in [1.82, 2.24) is 4.31 Å². The van der Waals surface area contributed by atoms with Gasteiger partial charge in [0.25, 0.3) is 5.91 Å². The number of carbonyl (C=O) groups excluding carboxylic acids is 1. The summed E-state index contributed by atoms with van der Waals surface area (Å²) < 4.78 is 32.0. The Morgan fingerprint density at radius 2 is 1.69 bits per heavy atom. The van der Waals surface area contributed by atoms with Crippen molar-refractivity contribution in [3.8, 4) is 5.75 Å². The molecule has 0 saturated carbocycles. The number of nitrogens with zero attached hydrogens (tertiary/aromatic N) is 1. The largest absolute Gasteiger partial charge is 0.496 e. The van der Waals surface area contributed by atoms with E-state index in [2.05, 4.69) is 5.32 Å². The highest BCUT2D eigenvalue weighted by Crippen LogP contribution is 2.30. The number of benzene rings is 2. The highest BCUT2D eigenvalue weighted by Gasteiger charge is 2.21. The number of methoxy groups -OCH3 is 1. The number of rotatable bonds is 8. The number of nitrogens with one attached hydrogen (secondary N) is 1. The molecule has 0 aromatic heterocycles. The van der Waals surface area contributed by atoms with Crippen LogP contribution in [0.5, 0.6) is 5.75 Å². The molecule has 0 aliphatic rings. The SMILES string of the molecule is CCN(CC)S(=O)(=O)c1ccc(NC(=O)c2cc(C(C)C)c(OC)cc2C)cc1. The molecule has 0 aliphatic carbocycles. The fraction of sp³-hybridized carbons (Fsp3) is 0.409. The van der Waals surface area contributed by atoms with Crippen LogP contribution in [-0.2, 0) is 10.0 Å². The van der Waals surface area contributed by atoms with Gasteiger partial charge in [0.2, 0.25) is 10.0 Å². The molecule has 0 radical (unpaired) electrons. The molecule has 2 aromatic rings. The maximum absolute atomic E-state index is 12.8. The van der Waals surface area contributed by atoms with E-state index in [-0.39, 0.29) is 16.7 Å². The topological polar surface area (TPSA) is 75.7 Å². The minimum absolute atomic E-state index is 0.210. The minimum atomic E-state index is -3.52. The molecule has 158 valence electrons. The van der Waals surface area contributed by atoms with Crippen molar-refractivity contribution >= 4 is 21.6 Å². The molecule has 0 unspecified atom stereocenters. The van der Waals surface area contributed by atoms with Crippen molar-refractivity contribution in [2.24, 2.45) is 0 Å². The fourth-order valence-corrected chi connectivity index (χ4v) is 4.65. The van der Waals surface area contributed by atoms with Gasteiger partial charge in [0, 0.05) is 24.3 Å². The summed E-state index contributed by atoms with van der Waals surface area (Å²) >= 11 is 0. The highest BCUT2D eigenvalue weighted by molar-refractivity contribution is 7.89. The van der Waals surface area contributed by atoms with Gasteiger partial charge in [0.05, 0.1) is 12.0 Å². The Balaban J connectivity index is 2.27. The second-order valence-electron chi connectivity index (χ2n) is 7.13. The van der Waals surface area contributed by atoms with Crippen LogP contribution >= 0.6 is 0 Å². The molecule has 2 rings (SSSR count). The van der Waals surface area contributed by atoms with Crippen LogP contribution in [0.15, 0.2) is 41.3 Å². The van der Waals surface area contributed by atoms with E-state index >= 15 is 0 Å². The predicted octanol–water partition coefficient (Wildman–Crippen LogP) is 4.41. The van der Waals surface area contributed by atoms with Gasteiger partial charge in [-0.1, -0.05) is 27.7 Å². The van der Waals surface area contributed by atoms with E-state index in [9.17, 15) is 13.2 Å². The minimum Gasteiger partial charge on any atom is -0.496 e. The standard InChI is InChI=1S/C22H30N2O4S/c1-7-24(8-2)29(26,27)18-11-9-17(10-12-18)23-22(25)20-14-19(15(3)4)21(28-6)13-16(20)5/h9-15H,7-8H2,1-6H3,(H,23,25). The first-order valence-corrected chi connectivity index (χ1v) is 11.2. The van der Waals surface area contributed by atoms with Crippen LogP contribution in [0.2, 0.25) is 0 Å². The molecule has 1 N–H and O–H groups in total. The number of sulfonamides is 1. The van der Waals surface area contributed by atoms with E-state index < -0.39 is 10.0 Å². The molecule has 0 spiro atoms. The summed E-state index contributed by atoms with van der Waals surface area (Å²) in [5.41, 5.74) is 2.87. The van der Waals surface area contributed by atoms with E-state index in [0.29, 0.717) is 24.3 Å². The van der Waals surface area contributed by atoms with E-state index in [0.717, 1.165) is 16.9 Å². The molecule has 6 nitrogen and oxygen atoms in total. The van der Waals surface area contributed by atoms with E-state index in [1.165, 1.54) is 16.4 Å². The summed E-state index contributed by atoms with van der Waals surface area (Å²) in [6.07, 6.45) is 0. The molecule has 1 amide bonds. The Bertz CT molecular complexity index is 963. The van der Waals surface area contributed by atoms with Crippen molar-refractivity contribution in [3.63, 3.8) is 0 Å². The van der Waals surface area contributed by atoms with Crippen molar-refractivity contribution < 1.29 is 17.9 Å². The molecule has 29 heavy (non-hydrogen) atoms. The van der Waals surface area contributed by atoms with Gasteiger partial charge in [0.1, 0.15) is 5.75 Å². The molecule has 0 bridgehead atoms. The molecule has 0 heterocycles. The zero-order valence-corrected chi connectivity index (χ0v) is 18.8. The van der Waals surface area contributed by atoms with Crippen LogP contribution in [0.25, 0.3) is 0 Å². The second kappa shape index (κ2) is 9.41. The lowest BCUT2D eigenvalue weighted by molar-refractivity contribution is 0.102. The van der Waals surface area contributed by atoms with Gasteiger partial charge in [-0.2, -0.15) is 4.31 Å². The Morgan fingerprint density at radius 3 is 2.17 bits per heavy atom. The summed E-state index contributed by atoms with van der Waals surface area (Å²) in [4.78, 5) is 13.0. The van der Waals surface area contributed by atoms with Gasteiger partial charge in [-0.25, -0.2) is 8.42 Å². The number of hydrogen-bond acceptors (Lipinski definition) is 4. The van der Waals surface area contributed by atoms with Crippen LogP contribution in [0, 0.1) is 6.92 Å². The molecular weight excluding hydrogens is 388 g/mol. The number of aryl methyl sites for hydroxylation is 1. The number of carbonyl (C=O) groups is 1. The summed E-state index contributed by atoms with van der Waals surface area (Å²) in [6, 6.07) is 9.97. The quantitative estimate of drug-likeness (QED) is 0.689. The fourth-order valence-electron chi connectivity index (χ4n) is 3.19. The Hall–Kier alpha value is -2.38. The number of hydrogen-bond donors (Lipinski definition) is 1. The van der Waals surface area contributed by atoms with Crippen LogP contribution in [0.1, 0.15) is 55.1 Å². The number of anilines is 1. The third kappa shape index (κ3) is 4.97. The maximum atomic E-state index is 12.8. The molecule has 0 fully saturated rings. The Labute approximate surface area is 173 Å². The maximum Gasteiger partial charge on any atom is 0.255 e. The van der Waals surface area contributed by atoms with Crippen molar-refractivity contribution in [2.45, 2.75) is 45.4 Å². The lowest BCUT2D eigenvalue weighted by Crippen LogP contribution is -2.30. The van der Waals surface area contributed by atoms with Crippen LogP contribution in [-0.4, -0.2) is 38.8 Å². The first-order valence-electron chi connectivity index (χ1n) is 9.75. The van der Waals surface area contributed by atoms with Gasteiger partial charge < -0.3 is 10.1 Å². The first kappa shape index (κ1) is 22.9. The van der Waals surface area contributed by atoms with Crippen molar-refractivity contribution in [3.05, 3.63) is 53.1 Å². The van der Waals surface area contributed by atoms with Crippen LogP contribution in [0.4, 0.5) is 5.69 Å².